The number of ether oxygens (including phenoxy) is 2. The van der Waals surface area contributed by atoms with Gasteiger partial charge in [-0.15, -0.1) is 0 Å². The number of aromatic nitrogens is 2. The molecule has 1 heterocycles. The number of carbonyl (C=O) groups is 1. The van der Waals surface area contributed by atoms with Gasteiger partial charge in [0.15, 0.2) is 0 Å². The van der Waals surface area contributed by atoms with Gasteiger partial charge >= 0.3 is 5.97 Å². The first-order valence-electron chi connectivity index (χ1n) is 7.78. The van der Waals surface area contributed by atoms with Crippen molar-refractivity contribution in [1.29, 1.82) is 0 Å². The van der Waals surface area contributed by atoms with Crippen molar-refractivity contribution in [3.63, 3.8) is 0 Å². The molecule has 122 valence electrons. The number of hydrogen-bond acceptors (Lipinski definition) is 4. The second kappa shape index (κ2) is 7.97. The molecule has 3 aromatic rings. The van der Waals surface area contributed by atoms with Crippen LogP contribution in [-0.2, 0) is 4.74 Å². The fourth-order valence-corrected chi connectivity index (χ4v) is 2.16. The lowest BCUT2D eigenvalue weighted by Crippen LogP contribution is -2.08. The first-order chi connectivity index (χ1) is 11.8. The van der Waals surface area contributed by atoms with Crippen molar-refractivity contribution >= 4 is 5.97 Å². The van der Waals surface area contributed by atoms with E-state index in [0.29, 0.717) is 25.2 Å². The first kappa shape index (κ1) is 15.8. The molecule has 0 aliphatic rings. The maximum absolute atomic E-state index is 12.0. The molecule has 0 saturated heterocycles. The van der Waals surface area contributed by atoms with Crippen molar-refractivity contribution in [2.45, 2.75) is 6.42 Å². The monoisotopic (exact) mass is 322 g/mol. The maximum Gasteiger partial charge on any atom is 0.341 e. The average molecular weight is 322 g/mol. The zero-order chi connectivity index (χ0) is 16.6. The Bertz CT molecular complexity index is 770. The lowest BCUT2D eigenvalue weighted by Gasteiger charge is -2.06. The summed E-state index contributed by atoms with van der Waals surface area (Å²) in [4.78, 5) is 12.0. The second-order valence-corrected chi connectivity index (χ2v) is 5.16. The van der Waals surface area contributed by atoms with Crippen molar-refractivity contribution in [3.05, 3.63) is 78.6 Å². The summed E-state index contributed by atoms with van der Waals surface area (Å²) in [5.74, 6) is 0.435. The Kier molecular flexibility index (Phi) is 5.24. The van der Waals surface area contributed by atoms with E-state index in [0.717, 1.165) is 11.4 Å². The molecule has 0 amide bonds. The lowest BCUT2D eigenvalue weighted by molar-refractivity contribution is 0.0486. The SMILES string of the molecule is O=C(OCCCOc1ccccc1)c1cnn(-c2ccccc2)c1. The van der Waals surface area contributed by atoms with Crippen LogP contribution in [0.1, 0.15) is 16.8 Å². The van der Waals surface area contributed by atoms with Crippen LogP contribution in [0, 0.1) is 0 Å². The Morgan fingerprint density at radius 1 is 0.958 bits per heavy atom. The molecule has 0 aliphatic carbocycles. The van der Waals surface area contributed by atoms with Crippen LogP contribution in [0.5, 0.6) is 5.75 Å². The van der Waals surface area contributed by atoms with E-state index in [2.05, 4.69) is 5.10 Å². The van der Waals surface area contributed by atoms with Crippen LogP contribution >= 0.6 is 0 Å². The van der Waals surface area contributed by atoms with Crippen LogP contribution in [0.4, 0.5) is 0 Å². The topological polar surface area (TPSA) is 53.4 Å². The number of para-hydroxylation sites is 2. The minimum absolute atomic E-state index is 0.308. The third-order valence-electron chi connectivity index (χ3n) is 3.37. The highest BCUT2D eigenvalue weighted by molar-refractivity contribution is 5.88. The molecule has 2 aromatic carbocycles. The molecule has 0 unspecified atom stereocenters. The van der Waals surface area contributed by atoms with E-state index in [1.54, 1.807) is 10.9 Å². The number of nitrogens with zero attached hydrogens (tertiary/aromatic N) is 2. The van der Waals surface area contributed by atoms with E-state index in [4.69, 9.17) is 9.47 Å². The van der Waals surface area contributed by atoms with E-state index < -0.39 is 0 Å². The normalized spacial score (nSPS) is 10.3. The fourth-order valence-electron chi connectivity index (χ4n) is 2.16. The molecular formula is C19H18N2O3. The Hall–Kier alpha value is -3.08. The van der Waals surface area contributed by atoms with E-state index in [1.165, 1.54) is 6.20 Å². The average Bonchev–Trinajstić information content (AvgIpc) is 3.13. The molecule has 5 heteroatoms. The van der Waals surface area contributed by atoms with Crippen LogP contribution in [0.15, 0.2) is 73.1 Å². The minimum Gasteiger partial charge on any atom is -0.493 e. The highest BCUT2D eigenvalue weighted by atomic mass is 16.5. The molecule has 0 atom stereocenters. The summed E-state index contributed by atoms with van der Waals surface area (Å²) in [6, 6.07) is 19.2. The second-order valence-electron chi connectivity index (χ2n) is 5.16. The summed E-state index contributed by atoms with van der Waals surface area (Å²) in [5.41, 5.74) is 1.33. The molecule has 3 rings (SSSR count). The standard InChI is InChI=1S/C19H18N2O3/c22-19(24-13-7-12-23-18-10-5-2-6-11-18)16-14-20-21(15-16)17-8-3-1-4-9-17/h1-6,8-11,14-15H,7,12-13H2. The highest BCUT2D eigenvalue weighted by Gasteiger charge is 2.10. The smallest absolute Gasteiger partial charge is 0.341 e. The predicted molar refractivity (Wildman–Crippen MR) is 90.4 cm³/mol. The number of rotatable bonds is 7. The molecule has 0 saturated carbocycles. The molecule has 5 nitrogen and oxygen atoms in total. The van der Waals surface area contributed by atoms with Crippen molar-refractivity contribution in [2.75, 3.05) is 13.2 Å². The molecule has 0 spiro atoms. The third kappa shape index (κ3) is 4.23. The van der Waals surface area contributed by atoms with Gasteiger partial charge in [-0.1, -0.05) is 36.4 Å². The van der Waals surface area contributed by atoms with Gasteiger partial charge in [0.2, 0.25) is 0 Å². The zero-order valence-electron chi connectivity index (χ0n) is 13.2. The quantitative estimate of drug-likeness (QED) is 0.493. The first-order valence-corrected chi connectivity index (χ1v) is 7.78. The van der Waals surface area contributed by atoms with Crippen LogP contribution in [0.2, 0.25) is 0 Å². The van der Waals surface area contributed by atoms with Crippen LogP contribution < -0.4 is 4.74 Å². The summed E-state index contributed by atoms with van der Waals surface area (Å²) >= 11 is 0. The van der Waals surface area contributed by atoms with Gasteiger partial charge in [-0.3, -0.25) is 0 Å². The van der Waals surface area contributed by atoms with Crippen LogP contribution in [0.3, 0.4) is 0 Å². The Labute approximate surface area is 140 Å². The summed E-state index contributed by atoms with van der Waals surface area (Å²) in [6.45, 7) is 0.808. The van der Waals surface area contributed by atoms with Crippen LogP contribution in [0.25, 0.3) is 5.69 Å². The minimum atomic E-state index is -0.378. The van der Waals surface area contributed by atoms with Crippen molar-refractivity contribution < 1.29 is 14.3 Å². The molecule has 24 heavy (non-hydrogen) atoms. The zero-order valence-corrected chi connectivity index (χ0v) is 13.2. The molecule has 0 N–H and O–H groups in total. The molecule has 0 fully saturated rings. The van der Waals surface area contributed by atoms with Crippen molar-refractivity contribution in [2.24, 2.45) is 0 Å². The molecular weight excluding hydrogens is 304 g/mol. The van der Waals surface area contributed by atoms with Gasteiger partial charge in [0.1, 0.15) is 5.75 Å². The van der Waals surface area contributed by atoms with E-state index in [-0.39, 0.29) is 5.97 Å². The maximum atomic E-state index is 12.0. The largest absolute Gasteiger partial charge is 0.493 e. The lowest BCUT2D eigenvalue weighted by atomic mass is 10.3. The summed E-state index contributed by atoms with van der Waals surface area (Å²) < 4.78 is 12.4. The third-order valence-corrected chi connectivity index (χ3v) is 3.37. The molecule has 0 bridgehead atoms. The van der Waals surface area contributed by atoms with Gasteiger partial charge in [-0.05, 0) is 24.3 Å². The number of hydrogen-bond donors (Lipinski definition) is 0. The molecule has 0 aliphatic heterocycles. The van der Waals surface area contributed by atoms with E-state index in [1.807, 2.05) is 60.7 Å². The Morgan fingerprint density at radius 3 is 2.42 bits per heavy atom. The summed E-state index contributed by atoms with van der Waals surface area (Å²) in [6.07, 6.45) is 3.81. The van der Waals surface area contributed by atoms with Gasteiger partial charge in [0, 0.05) is 12.6 Å². The van der Waals surface area contributed by atoms with Crippen molar-refractivity contribution in [3.8, 4) is 11.4 Å². The number of benzene rings is 2. The summed E-state index contributed by atoms with van der Waals surface area (Å²) in [7, 11) is 0. The Morgan fingerprint density at radius 2 is 1.67 bits per heavy atom. The number of esters is 1. The molecule has 1 aromatic heterocycles. The van der Waals surface area contributed by atoms with Gasteiger partial charge in [0.25, 0.3) is 0 Å². The predicted octanol–water partition coefficient (Wildman–Crippen LogP) is 3.50. The fraction of sp³-hybridized carbons (Fsp3) is 0.158. The molecule has 0 radical (unpaired) electrons. The van der Waals surface area contributed by atoms with Crippen molar-refractivity contribution in [1.82, 2.24) is 9.78 Å². The van der Waals surface area contributed by atoms with Gasteiger partial charge < -0.3 is 9.47 Å². The summed E-state index contributed by atoms with van der Waals surface area (Å²) in [5, 5.41) is 4.18. The van der Waals surface area contributed by atoms with Gasteiger partial charge in [0.05, 0.1) is 30.7 Å². The van der Waals surface area contributed by atoms with Gasteiger partial charge in [-0.2, -0.15) is 5.10 Å². The number of carbonyl (C=O) groups excluding carboxylic acids is 1. The highest BCUT2D eigenvalue weighted by Crippen LogP contribution is 2.10. The van der Waals surface area contributed by atoms with Gasteiger partial charge in [-0.25, -0.2) is 9.48 Å². The van der Waals surface area contributed by atoms with E-state index >= 15 is 0 Å². The van der Waals surface area contributed by atoms with E-state index in [9.17, 15) is 4.79 Å². The Balaban J connectivity index is 1.43. The van der Waals surface area contributed by atoms with Crippen LogP contribution in [-0.4, -0.2) is 29.0 Å².